The Morgan fingerprint density at radius 1 is 1.28 bits per heavy atom. The number of aromatic nitrogens is 2. The lowest BCUT2D eigenvalue weighted by atomic mass is 10.2. The Bertz CT molecular complexity index is 772. The van der Waals surface area contributed by atoms with Crippen molar-refractivity contribution in [2.24, 2.45) is 0 Å². The van der Waals surface area contributed by atoms with Crippen LogP contribution in [0.1, 0.15) is 35.5 Å². The molecule has 0 aliphatic heterocycles. The van der Waals surface area contributed by atoms with Crippen molar-refractivity contribution in [2.45, 2.75) is 33.4 Å². The normalized spacial score (nSPS) is 10.8. The van der Waals surface area contributed by atoms with Crippen LogP contribution in [0.4, 0.5) is 4.39 Å². The van der Waals surface area contributed by atoms with E-state index in [2.05, 4.69) is 15.7 Å². The largest absolute Gasteiger partial charge is 0.352 e. The smallest absolute Gasteiger partial charge is 0.256 e. The number of hydrogen-bond donors (Lipinski definition) is 2. The summed E-state index contributed by atoms with van der Waals surface area (Å²) < 4.78 is 14.4. The van der Waals surface area contributed by atoms with Gasteiger partial charge in [-0.2, -0.15) is 5.10 Å². The lowest BCUT2D eigenvalue weighted by Crippen LogP contribution is -2.39. The van der Waals surface area contributed by atoms with Gasteiger partial charge in [0, 0.05) is 6.04 Å². The van der Waals surface area contributed by atoms with Gasteiger partial charge < -0.3 is 10.6 Å². The molecule has 0 saturated heterocycles. The molecule has 6 nitrogen and oxygen atoms in total. The van der Waals surface area contributed by atoms with E-state index in [1.807, 2.05) is 13.8 Å². The Labute approximate surface area is 150 Å². The monoisotopic (exact) mass is 366 g/mol. The summed E-state index contributed by atoms with van der Waals surface area (Å²) in [6.07, 6.45) is 0. The summed E-state index contributed by atoms with van der Waals surface area (Å²) >= 11 is 6.27. The molecule has 1 aromatic carbocycles. The van der Waals surface area contributed by atoms with Gasteiger partial charge in [-0.3, -0.25) is 9.59 Å². The van der Waals surface area contributed by atoms with Gasteiger partial charge in [0.15, 0.2) is 0 Å². The van der Waals surface area contributed by atoms with Crippen LogP contribution in [0.5, 0.6) is 0 Å². The fourth-order valence-electron chi connectivity index (χ4n) is 2.30. The van der Waals surface area contributed by atoms with Crippen molar-refractivity contribution in [3.63, 3.8) is 0 Å². The maximum Gasteiger partial charge on any atom is 0.256 e. The number of aryl methyl sites for hydroxylation is 1. The molecule has 134 valence electrons. The molecule has 0 unspecified atom stereocenters. The van der Waals surface area contributed by atoms with Gasteiger partial charge in [-0.15, -0.1) is 0 Å². The van der Waals surface area contributed by atoms with Crippen molar-refractivity contribution >= 4 is 23.4 Å². The molecule has 0 fully saturated rings. The molecule has 0 saturated carbocycles. The maximum atomic E-state index is 13.0. The third kappa shape index (κ3) is 5.03. The number of carbonyl (C=O) groups is 2. The van der Waals surface area contributed by atoms with Gasteiger partial charge in [0.1, 0.15) is 11.0 Å². The molecule has 2 N–H and O–H groups in total. The van der Waals surface area contributed by atoms with Gasteiger partial charge in [-0.1, -0.05) is 23.7 Å². The maximum absolute atomic E-state index is 13.0. The number of amides is 2. The molecule has 0 spiro atoms. The summed E-state index contributed by atoms with van der Waals surface area (Å²) in [5, 5.41) is 9.64. The number of carbonyl (C=O) groups excluding carboxylic acids is 2. The van der Waals surface area contributed by atoms with Crippen LogP contribution in [0.15, 0.2) is 24.3 Å². The van der Waals surface area contributed by atoms with Crippen molar-refractivity contribution in [1.82, 2.24) is 20.4 Å². The fraction of sp³-hybridized carbons (Fsp3) is 0.353. The van der Waals surface area contributed by atoms with E-state index >= 15 is 0 Å². The zero-order valence-corrected chi connectivity index (χ0v) is 15.0. The summed E-state index contributed by atoms with van der Waals surface area (Å²) in [5.41, 5.74) is 1.48. The summed E-state index contributed by atoms with van der Waals surface area (Å²) in [7, 11) is 0. The molecule has 0 radical (unpaired) electrons. The second-order valence-corrected chi connectivity index (χ2v) is 6.30. The molecule has 1 aromatic heterocycles. The van der Waals surface area contributed by atoms with Crippen LogP contribution in [-0.4, -0.2) is 34.2 Å². The Hall–Kier alpha value is -2.41. The van der Waals surface area contributed by atoms with Crippen LogP contribution in [0.25, 0.3) is 0 Å². The number of hydrogen-bond acceptors (Lipinski definition) is 3. The summed E-state index contributed by atoms with van der Waals surface area (Å²) in [6.45, 7) is 5.49. The minimum atomic E-state index is -0.466. The van der Waals surface area contributed by atoms with Gasteiger partial charge >= 0.3 is 0 Å². The van der Waals surface area contributed by atoms with Crippen LogP contribution < -0.4 is 10.6 Å². The van der Waals surface area contributed by atoms with Crippen LogP contribution in [0, 0.1) is 12.7 Å². The van der Waals surface area contributed by atoms with Crippen molar-refractivity contribution in [3.8, 4) is 0 Å². The molecule has 2 rings (SSSR count). The lowest BCUT2D eigenvalue weighted by Gasteiger charge is -2.09. The van der Waals surface area contributed by atoms with E-state index in [0.29, 0.717) is 12.2 Å². The molecule has 8 heteroatoms. The fourth-order valence-corrected chi connectivity index (χ4v) is 2.62. The Morgan fingerprint density at radius 3 is 2.52 bits per heavy atom. The highest BCUT2D eigenvalue weighted by Gasteiger charge is 2.21. The summed E-state index contributed by atoms with van der Waals surface area (Å²) in [6, 6.07) is 5.94. The number of halogens is 2. The van der Waals surface area contributed by atoms with Crippen LogP contribution in [0.2, 0.25) is 5.15 Å². The third-order valence-corrected chi connectivity index (χ3v) is 3.78. The first-order valence-electron chi connectivity index (χ1n) is 7.83. The van der Waals surface area contributed by atoms with Crippen molar-refractivity contribution in [3.05, 3.63) is 52.1 Å². The Kier molecular flexibility index (Phi) is 6.14. The molecule has 1 heterocycles. The average Bonchev–Trinajstić information content (AvgIpc) is 2.81. The number of benzene rings is 1. The van der Waals surface area contributed by atoms with Crippen LogP contribution in [-0.2, 0) is 11.3 Å². The third-order valence-electron chi connectivity index (χ3n) is 3.40. The first-order valence-corrected chi connectivity index (χ1v) is 8.20. The zero-order chi connectivity index (χ0) is 18.6. The second-order valence-electron chi connectivity index (χ2n) is 5.94. The van der Waals surface area contributed by atoms with Gasteiger partial charge in [0.2, 0.25) is 5.91 Å². The predicted octanol–water partition coefficient (Wildman–Crippen LogP) is 2.29. The molecular weight excluding hydrogens is 347 g/mol. The highest BCUT2D eigenvalue weighted by Crippen LogP contribution is 2.21. The molecule has 0 aliphatic carbocycles. The number of rotatable bonds is 6. The SMILES string of the molecule is Cc1nn(Cc2ccc(F)cc2)c(Cl)c1C(=O)NCC(=O)NC(C)C. The second kappa shape index (κ2) is 8.11. The van der Waals surface area contributed by atoms with Gasteiger partial charge in [-0.05, 0) is 38.5 Å². The standard InChI is InChI=1S/C17H20ClFN4O2/c1-10(2)21-14(24)8-20-17(25)15-11(3)22-23(16(15)18)9-12-4-6-13(19)7-5-12/h4-7,10H,8-9H2,1-3H3,(H,20,25)(H,21,24). The Morgan fingerprint density at radius 2 is 1.92 bits per heavy atom. The summed E-state index contributed by atoms with van der Waals surface area (Å²) in [4.78, 5) is 23.9. The molecule has 2 amide bonds. The van der Waals surface area contributed by atoms with Crippen LogP contribution >= 0.6 is 11.6 Å². The van der Waals surface area contributed by atoms with E-state index in [-0.39, 0.29) is 35.0 Å². The minimum Gasteiger partial charge on any atom is -0.352 e. The van der Waals surface area contributed by atoms with E-state index in [4.69, 9.17) is 11.6 Å². The molecular formula is C17H20ClFN4O2. The first-order chi connectivity index (χ1) is 11.8. The van der Waals surface area contributed by atoms with E-state index in [0.717, 1.165) is 5.56 Å². The Balaban J connectivity index is 2.09. The minimum absolute atomic E-state index is 0.00631. The van der Waals surface area contributed by atoms with Gasteiger partial charge in [-0.25, -0.2) is 9.07 Å². The van der Waals surface area contributed by atoms with Crippen LogP contribution in [0.3, 0.4) is 0 Å². The quantitative estimate of drug-likeness (QED) is 0.823. The average molecular weight is 367 g/mol. The number of nitrogens with zero attached hydrogens (tertiary/aromatic N) is 2. The summed E-state index contributed by atoms with van der Waals surface area (Å²) in [5.74, 6) is -1.08. The van der Waals surface area contributed by atoms with E-state index in [9.17, 15) is 14.0 Å². The zero-order valence-electron chi connectivity index (χ0n) is 14.3. The van der Waals surface area contributed by atoms with E-state index in [1.165, 1.54) is 16.8 Å². The van der Waals surface area contributed by atoms with Gasteiger partial charge in [0.05, 0.1) is 24.3 Å². The first kappa shape index (κ1) is 18.9. The van der Waals surface area contributed by atoms with E-state index < -0.39 is 5.91 Å². The molecule has 0 atom stereocenters. The van der Waals surface area contributed by atoms with Crippen molar-refractivity contribution in [2.75, 3.05) is 6.54 Å². The predicted molar refractivity (Wildman–Crippen MR) is 93.1 cm³/mol. The highest BCUT2D eigenvalue weighted by molar-refractivity contribution is 6.33. The molecule has 0 aliphatic rings. The van der Waals surface area contributed by atoms with Crippen molar-refractivity contribution in [1.29, 1.82) is 0 Å². The van der Waals surface area contributed by atoms with Crippen molar-refractivity contribution < 1.29 is 14.0 Å². The molecule has 25 heavy (non-hydrogen) atoms. The topological polar surface area (TPSA) is 76.0 Å². The highest BCUT2D eigenvalue weighted by atomic mass is 35.5. The van der Waals surface area contributed by atoms with Gasteiger partial charge in [0.25, 0.3) is 5.91 Å². The molecule has 0 bridgehead atoms. The number of nitrogens with one attached hydrogen (secondary N) is 2. The van der Waals surface area contributed by atoms with E-state index in [1.54, 1.807) is 19.1 Å². The lowest BCUT2D eigenvalue weighted by molar-refractivity contribution is -0.120. The molecule has 2 aromatic rings.